The number of rotatable bonds is 4. The van der Waals surface area contributed by atoms with E-state index >= 15 is 0 Å². The molecule has 0 aromatic carbocycles. The summed E-state index contributed by atoms with van der Waals surface area (Å²) in [5, 5.41) is 0. The quantitative estimate of drug-likeness (QED) is 0.366. The van der Waals surface area contributed by atoms with Gasteiger partial charge in [-0.15, -0.1) is 0 Å². The van der Waals surface area contributed by atoms with E-state index in [-0.39, 0.29) is 5.92 Å². The first-order valence-corrected chi connectivity index (χ1v) is 4.03. The molecule has 0 rings (SSSR count). The predicted octanol–water partition coefficient (Wildman–Crippen LogP) is 1.68. The Bertz CT molecular complexity index is 180. The Morgan fingerprint density at radius 3 is 2.25 bits per heavy atom. The molecular weight excluding hydrogens is 156 g/mol. The van der Waals surface area contributed by atoms with E-state index in [9.17, 15) is 9.59 Å². The van der Waals surface area contributed by atoms with Crippen LogP contribution >= 0.6 is 0 Å². The average molecular weight is 170 g/mol. The standard InChI is InChI=1S/C9H14O3/c1-4-7(5-2)9(11)12-8(10)6-3/h6-7H,3-5H2,1-2H3. The summed E-state index contributed by atoms with van der Waals surface area (Å²) in [4.78, 5) is 21.7. The van der Waals surface area contributed by atoms with E-state index in [0.29, 0.717) is 12.8 Å². The highest BCUT2D eigenvalue weighted by molar-refractivity contribution is 5.92. The molecule has 0 fully saturated rings. The molecular formula is C9H14O3. The molecule has 0 aliphatic rings. The maximum absolute atomic E-state index is 11.1. The number of ether oxygens (including phenoxy) is 1. The van der Waals surface area contributed by atoms with Gasteiger partial charge in [-0.2, -0.15) is 0 Å². The second kappa shape index (κ2) is 5.52. The van der Waals surface area contributed by atoms with Crippen molar-refractivity contribution in [2.24, 2.45) is 5.92 Å². The maximum Gasteiger partial charge on any atom is 0.337 e. The van der Waals surface area contributed by atoms with Gasteiger partial charge >= 0.3 is 11.9 Å². The molecule has 0 aromatic rings. The molecule has 0 radical (unpaired) electrons. The van der Waals surface area contributed by atoms with Gasteiger partial charge in [-0.3, -0.25) is 4.79 Å². The lowest BCUT2D eigenvalue weighted by molar-refractivity contribution is -0.159. The Hall–Kier alpha value is -1.12. The molecule has 3 heteroatoms. The first kappa shape index (κ1) is 10.9. The van der Waals surface area contributed by atoms with E-state index < -0.39 is 11.9 Å². The second-order valence-electron chi connectivity index (χ2n) is 2.46. The van der Waals surface area contributed by atoms with Crippen molar-refractivity contribution in [3.63, 3.8) is 0 Å². The van der Waals surface area contributed by atoms with Gasteiger partial charge in [0.05, 0.1) is 5.92 Å². The van der Waals surface area contributed by atoms with E-state index in [2.05, 4.69) is 11.3 Å². The van der Waals surface area contributed by atoms with Crippen molar-refractivity contribution < 1.29 is 14.3 Å². The van der Waals surface area contributed by atoms with Crippen LogP contribution in [0.15, 0.2) is 12.7 Å². The van der Waals surface area contributed by atoms with Gasteiger partial charge in [0, 0.05) is 6.08 Å². The van der Waals surface area contributed by atoms with Crippen LogP contribution < -0.4 is 0 Å². The minimum absolute atomic E-state index is 0.172. The molecule has 68 valence electrons. The summed E-state index contributed by atoms with van der Waals surface area (Å²) >= 11 is 0. The third-order valence-electron chi connectivity index (χ3n) is 1.69. The number of carbonyl (C=O) groups is 2. The smallest absolute Gasteiger partial charge is 0.337 e. The fourth-order valence-electron chi connectivity index (χ4n) is 0.846. The van der Waals surface area contributed by atoms with Crippen molar-refractivity contribution in [3.8, 4) is 0 Å². The molecule has 0 atom stereocenters. The third-order valence-corrected chi connectivity index (χ3v) is 1.69. The van der Waals surface area contributed by atoms with Crippen LogP contribution in [0.2, 0.25) is 0 Å². The Labute approximate surface area is 72.4 Å². The highest BCUT2D eigenvalue weighted by atomic mass is 16.6. The Kier molecular flexibility index (Phi) is 5.00. The van der Waals surface area contributed by atoms with Gasteiger partial charge in [0.1, 0.15) is 0 Å². The summed E-state index contributed by atoms with van der Waals surface area (Å²) in [7, 11) is 0. The minimum Gasteiger partial charge on any atom is -0.390 e. The van der Waals surface area contributed by atoms with E-state index in [4.69, 9.17) is 0 Å². The Balaban J connectivity index is 4.00. The van der Waals surface area contributed by atoms with E-state index in [1.54, 1.807) is 0 Å². The number of hydrogen-bond donors (Lipinski definition) is 0. The minimum atomic E-state index is -0.674. The average Bonchev–Trinajstić information content (AvgIpc) is 2.06. The molecule has 12 heavy (non-hydrogen) atoms. The Morgan fingerprint density at radius 1 is 1.42 bits per heavy atom. The molecule has 0 N–H and O–H groups in total. The molecule has 0 amide bonds. The zero-order chi connectivity index (χ0) is 9.56. The largest absolute Gasteiger partial charge is 0.390 e. The monoisotopic (exact) mass is 170 g/mol. The predicted molar refractivity (Wildman–Crippen MR) is 45.4 cm³/mol. The lowest BCUT2D eigenvalue weighted by atomic mass is 10.0. The lowest BCUT2D eigenvalue weighted by Gasteiger charge is -2.08. The molecule has 0 saturated heterocycles. The van der Waals surface area contributed by atoms with Gasteiger partial charge in [0.25, 0.3) is 0 Å². The topological polar surface area (TPSA) is 43.4 Å². The zero-order valence-electron chi connectivity index (χ0n) is 7.50. The maximum atomic E-state index is 11.1. The first-order valence-electron chi connectivity index (χ1n) is 4.03. The fraction of sp³-hybridized carbons (Fsp3) is 0.556. The van der Waals surface area contributed by atoms with Crippen molar-refractivity contribution in [1.29, 1.82) is 0 Å². The summed E-state index contributed by atoms with van der Waals surface area (Å²) in [6, 6.07) is 0. The summed E-state index contributed by atoms with van der Waals surface area (Å²) in [5.74, 6) is -1.30. The van der Waals surface area contributed by atoms with E-state index in [1.165, 1.54) is 0 Å². The van der Waals surface area contributed by atoms with E-state index in [1.807, 2.05) is 13.8 Å². The van der Waals surface area contributed by atoms with Crippen LogP contribution in [-0.2, 0) is 14.3 Å². The van der Waals surface area contributed by atoms with Gasteiger partial charge in [-0.05, 0) is 12.8 Å². The van der Waals surface area contributed by atoms with Crippen LogP contribution in [0.5, 0.6) is 0 Å². The van der Waals surface area contributed by atoms with Crippen LogP contribution in [0.4, 0.5) is 0 Å². The molecule has 3 nitrogen and oxygen atoms in total. The summed E-state index contributed by atoms with van der Waals surface area (Å²) in [6.45, 7) is 6.96. The fourth-order valence-corrected chi connectivity index (χ4v) is 0.846. The summed E-state index contributed by atoms with van der Waals surface area (Å²) in [5.41, 5.74) is 0. The van der Waals surface area contributed by atoms with Crippen molar-refractivity contribution >= 4 is 11.9 Å². The molecule has 0 bridgehead atoms. The van der Waals surface area contributed by atoms with Gasteiger partial charge in [0.2, 0.25) is 0 Å². The summed E-state index contributed by atoms with van der Waals surface area (Å²) in [6.07, 6.45) is 2.37. The normalized spacial score (nSPS) is 9.58. The zero-order valence-corrected chi connectivity index (χ0v) is 7.50. The number of esters is 2. The van der Waals surface area contributed by atoms with Crippen LogP contribution in [0, 0.1) is 5.92 Å². The van der Waals surface area contributed by atoms with Gasteiger partial charge in [0.15, 0.2) is 0 Å². The van der Waals surface area contributed by atoms with Crippen molar-refractivity contribution in [2.45, 2.75) is 26.7 Å². The first-order chi connectivity index (χ1) is 5.65. The van der Waals surface area contributed by atoms with Crippen LogP contribution in [-0.4, -0.2) is 11.9 Å². The highest BCUT2D eigenvalue weighted by Gasteiger charge is 2.17. The number of hydrogen-bond acceptors (Lipinski definition) is 3. The molecule has 0 aromatic heterocycles. The number of carbonyl (C=O) groups excluding carboxylic acids is 2. The Morgan fingerprint density at radius 2 is 1.92 bits per heavy atom. The third kappa shape index (κ3) is 3.32. The van der Waals surface area contributed by atoms with Crippen LogP contribution in [0.25, 0.3) is 0 Å². The van der Waals surface area contributed by atoms with Crippen molar-refractivity contribution in [3.05, 3.63) is 12.7 Å². The molecule has 0 heterocycles. The second-order valence-corrected chi connectivity index (χ2v) is 2.46. The highest BCUT2D eigenvalue weighted by Crippen LogP contribution is 2.09. The lowest BCUT2D eigenvalue weighted by Crippen LogP contribution is -2.19. The van der Waals surface area contributed by atoms with E-state index in [0.717, 1.165) is 6.08 Å². The SMILES string of the molecule is C=CC(=O)OC(=O)C(CC)CC. The van der Waals surface area contributed by atoms with Gasteiger partial charge < -0.3 is 4.74 Å². The van der Waals surface area contributed by atoms with Crippen LogP contribution in [0.1, 0.15) is 26.7 Å². The molecule has 0 spiro atoms. The van der Waals surface area contributed by atoms with Crippen molar-refractivity contribution in [1.82, 2.24) is 0 Å². The summed E-state index contributed by atoms with van der Waals surface area (Å²) < 4.78 is 4.45. The molecule has 0 saturated carbocycles. The van der Waals surface area contributed by atoms with Gasteiger partial charge in [-0.25, -0.2) is 4.79 Å². The van der Waals surface area contributed by atoms with Crippen molar-refractivity contribution in [2.75, 3.05) is 0 Å². The molecule has 0 unspecified atom stereocenters. The van der Waals surface area contributed by atoms with Crippen LogP contribution in [0.3, 0.4) is 0 Å². The molecule has 0 aliphatic carbocycles. The molecule has 0 aliphatic heterocycles. The van der Waals surface area contributed by atoms with Gasteiger partial charge in [-0.1, -0.05) is 20.4 Å².